The van der Waals surface area contributed by atoms with Gasteiger partial charge in [-0.3, -0.25) is 4.79 Å². The van der Waals surface area contributed by atoms with Gasteiger partial charge in [0, 0.05) is 5.56 Å². The number of carbonyl (C=O) groups is 1. The van der Waals surface area contributed by atoms with E-state index in [1.165, 1.54) is 12.1 Å². The molecule has 0 saturated carbocycles. The molecule has 0 saturated heterocycles. The maximum atomic E-state index is 10.5. The first-order valence-electron chi connectivity index (χ1n) is 4.11. The first kappa shape index (κ1) is 11.3. The number of phenolic OH excluding ortho intramolecular Hbond substituents is 1. The molecular formula is C10H8ClNO3. The fourth-order valence-corrected chi connectivity index (χ4v) is 1.56. The minimum atomic E-state index is -1.03. The fraction of sp³-hybridized carbons (Fsp3) is 0.200. The zero-order chi connectivity index (χ0) is 11.4. The number of nitrogens with zero attached hydrogens (tertiary/aromatic N) is 1. The van der Waals surface area contributed by atoms with Gasteiger partial charge < -0.3 is 10.2 Å². The molecule has 0 radical (unpaired) electrons. The number of aromatic hydroxyl groups is 1. The van der Waals surface area contributed by atoms with Gasteiger partial charge in [-0.2, -0.15) is 5.26 Å². The predicted molar refractivity (Wildman–Crippen MR) is 53.7 cm³/mol. The topological polar surface area (TPSA) is 81.3 Å². The summed E-state index contributed by atoms with van der Waals surface area (Å²) in [6.45, 7) is 0. The van der Waals surface area contributed by atoms with Gasteiger partial charge in [0.05, 0.1) is 23.9 Å². The molecule has 0 unspecified atom stereocenters. The summed E-state index contributed by atoms with van der Waals surface area (Å²) >= 11 is 5.58. The van der Waals surface area contributed by atoms with Gasteiger partial charge in [-0.05, 0) is 17.7 Å². The number of benzene rings is 1. The number of nitriles is 1. The maximum absolute atomic E-state index is 10.5. The van der Waals surface area contributed by atoms with Crippen LogP contribution in [-0.4, -0.2) is 16.2 Å². The fourth-order valence-electron chi connectivity index (χ4n) is 1.25. The summed E-state index contributed by atoms with van der Waals surface area (Å²) < 4.78 is 0. The van der Waals surface area contributed by atoms with E-state index in [1.807, 2.05) is 6.07 Å². The van der Waals surface area contributed by atoms with Crippen LogP contribution in [0.2, 0.25) is 0 Å². The molecule has 4 nitrogen and oxygen atoms in total. The van der Waals surface area contributed by atoms with Crippen LogP contribution >= 0.6 is 11.6 Å². The van der Waals surface area contributed by atoms with Gasteiger partial charge in [0.15, 0.2) is 0 Å². The van der Waals surface area contributed by atoms with Gasteiger partial charge in [-0.25, -0.2) is 0 Å². The SMILES string of the molecule is N#Cc1cc(O)c(CCl)c(CC(=O)O)c1. The molecule has 78 valence electrons. The van der Waals surface area contributed by atoms with E-state index in [9.17, 15) is 9.90 Å². The lowest BCUT2D eigenvalue weighted by Gasteiger charge is -2.07. The Morgan fingerprint density at radius 2 is 2.20 bits per heavy atom. The van der Waals surface area contributed by atoms with Crippen LogP contribution < -0.4 is 0 Å². The largest absolute Gasteiger partial charge is 0.508 e. The highest BCUT2D eigenvalue weighted by molar-refractivity contribution is 6.17. The maximum Gasteiger partial charge on any atom is 0.307 e. The molecule has 0 bridgehead atoms. The van der Waals surface area contributed by atoms with Gasteiger partial charge in [0.25, 0.3) is 0 Å². The van der Waals surface area contributed by atoms with Crippen molar-refractivity contribution in [2.24, 2.45) is 0 Å². The van der Waals surface area contributed by atoms with E-state index in [1.54, 1.807) is 0 Å². The minimum absolute atomic E-state index is 0.0140. The van der Waals surface area contributed by atoms with Crippen molar-refractivity contribution >= 4 is 17.6 Å². The molecular weight excluding hydrogens is 218 g/mol. The second-order valence-corrected chi connectivity index (χ2v) is 3.22. The summed E-state index contributed by atoms with van der Waals surface area (Å²) in [5, 5.41) is 26.8. The summed E-state index contributed by atoms with van der Waals surface area (Å²) in [6.07, 6.45) is -0.259. The highest BCUT2D eigenvalue weighted by Crippen LogP contribution is 2.25. The molecule has 0 aliphatic heterocycles. The molecule has 15 heavy (non-hydrogen) atoms. The van der Waals surface area contributed by atoms with Crippen LogP contribution in [0.5, 0.6) is 5.75 Å². The first-order valence-corrected chi connectivity index (χ1v) is 4.64. The number of carboxylic acid groups (broad SMARTS) is 1. The van der Waals surface area contributed by atoms with Gasteiger partial charge in [-0.1, -0.05) is 0 Å². The van der Waals surface area contributed by atoms with Crippen molar-refractivity contribution in [1.82, 2.24) is 0 Å². The summed E-state index contributed by atoms with van der Waals surface area (Å²) in [4.78, 5) is 10.5. The van der Waals surface area contributed by atoms with Crippen LogP contribution in [-0.2, 0) is 17.1 Å². The Bertz CT molecular complexity index is 437. The van der Waals surface area contributed by atoms with E-state index in [-0.39, 0.29) is 23.6 Å². The standard InChI is InChI=1S/C10H8ClNO3/c11-4-8-7(3-10(14)15)1-6(5-12)2-9(8)13/h1-2,13H,3-4H2,(H,14,15). The summed E-state index contributed by atoms with van der Waals surface area (Å²) in [5.74, 6) is -1.16. The van der Waals surface area contributed by atoms with Gasteiger partial charge >= 0.3 is 5.97 Å². The van der Waals surface area contributed by atoms with Crippen LogP contribution in [0.25, 0.3) is 0 Å². The second-order valence-electron chi connectivity index (χ2n) is 2.95. The van der Waals surface area contributed by atoms with Crippen LogP contribution in [0.15, 0.2) is 12.1 Å². The first-order chi connectivity index (χ1) is 7.08. The molecule has 1 aromatic carbocycles. The number of phenols is 1. The highest BCUT2D eigenvalue weighted by Gasteiger charge is 2.12. The number of alkyl halides is 1. The molecule has 0 aromatic heterocycles. The summed E-state index contributed by atoms with van der Waals surface area (Å²) in [5.41, 5.74) is 0.949. The quantitative estimate of drug-likeness (QED) is 0.766. The van der Waals surface area contributed by atoms with Crippen molar-refractivity contribution in [2.45, 2.75) is 12.3 Å². The zero-order valence-corrected chi connectivity index (χ0v) is 8.45. The van der Waals surface area contributed by atoms with Crippen LogP contribution in [0.3, 0.4) is 0 Å². The second kappa shape index (κ2) is 4.67. The number of aliphatic carboxylic acids is 1. The Balaban J connectivity index is 3.27. The van der Waals surface area contributed by atoms with E-state index >= 15 is 0 Å². The molecule has 2 N–H and O–H groups in total. The monoisotopic (exact) mass is 225 g/mol. The Morgan fingerprint density at radius 3 is 2.67 bits per heavy atom. The lowest BCUT2D eigenvalue weighted by atomic mass is 10.0. The molecule has 0 atom stereocenters. The van der Waals surface area contributed by atoms with E-state index in [2.05, 4.69) is 0 Å². The van der Waals surface area contributed by atoms with Gasteiger partial charge in [0.2, 0.25) is 0 Å². The number of carboxylic acids is 1. The smallest absolute Gasteiger partial charge is 0.307 e. The lowest BCUT2D eigenvalue weighted by Crippen LogP contribution is -2.03. The lowest BCUT2D eigenvalue weighted by molar-refractivity contribution is -0.136. The third-order valence-corrected chi connectivity index (χ3v) is 2.19. The molecule has 0 aliphatic rings. The number of halogens is 1. The average Bonchev–Trinajstić information content (AvgIpc) is 2.16. The van der Waals surface area contributed by atoms with Gasteiger partial charge in [-0.15, -0.1) is 11.6 Å². The van der Waals surface area contributed by atoms with Crippen molar-refractivity contribution in [3.8, 4) is 11.8 Å². The molecule has 0 amide bonds. The van der Waals surface area contributed by atoms with Crippen LogP contribution in [0.1, 0.15) is 16.7 Å². The minimum Gasteiger partial charge on any atom is -0.508 e. The van der Waals surface area contributed by atoms with Gasteiger partial charge in [0.1, 0.15) is 5.75 Å². The molecule has 0 heterocycles. The van der Waals surface area contributed by atoms with E-state index in [0.29, 0.717) is 11.1 Å². The zero-order valence-electron chi connectivity index (χ0n) is 7.70. The van der Waals surface area contributed by atoms with E-state index < -0.39 is 5.97 Å². The molecule has 0 fully saturated rings. The van der Waals surface area contributed by atoms with Crippen LogP contribution in [0, 0.1) is 11.3 Å². The Kier molecular flexibility index (Phi) is 3.53. The average molecular weight is 226 g/mol. The van der Waals surface area contributed by atoms with E-state index in [4.69, 9.17) is 22.0 Å². The highest BCUT2D eigenvalue weighted by atomic mass is 35.5. The summed E-state index contributed by atoms with van der Waals surface area (Å²) in [7, 11) is 0. The van der Waals surface area contributed by atoms with Crippen molar-refractivity contribution in [2.75, 3.05) is 0 Å². The number of hydrogen-bond donors (Lipinski definition) is 2. The Morgan fingerprint density at radius 1 is 1.53 bits per heavy atom. The molecule has 0 aliphatic carbocycles. The number of rotatable bonds is 3. The Hall–Kier alpha value is -1.73. The third kappa shape index (κ3) is 2.61. The predicted octanol–water partition coefficient (Wildman–Crippen LogP) is 1.63. The Labute approximate surface area is 91.3 Å². The normalized spacial score (nSPS) is 9.60. The van der Waals surface area contributed by atoms with Crippen LogP contribution in [0.4, 0.5) is 0 Å². The van der Waals surface area contributed by atoms with Crippen molar-refractivity contribution < 1.29 is 15.0 Å². The van der Waals surface area contributed by atoms with Crippen molar-refractivity contribution in [3.05, 3.63) is 28.8 Å². The van der Waals surface area contributed by atoms with Crippen molar-refractivity contribution in [3.63, 3.8) is 0 Å². The molecule has 1 rings (SSSR count). The number of hydrogen-bond acceptors (Lipinski definition) is 3. The summed E-state index contributed by atoms with van der Waals surface area (Å²) in [6, 6.07) is 4.53. The molecule has 5 heteroatoms. The van der Waals surface area contributed by atoms with Crippen molar-refractivity contribution in [1.29, 1.82) is 5.26 Å². The molecule has 1 aromatic rings. The third-order valence-electron chi connectivity index (χ3n) is 1.92. The molecule has 0 spiro atoms. The van der Waals surface area contributed by atoms with E-state index in [0.717, 1.165) is 0 Å².